The van der Waals surface area contributed by atoms with Crippen molar-refractivity contribution in [3.05, 3.63) is 28.3 Å². The van der Waals surface area contributed by atoms with E-state index in [9.17, 15) is 10.1 Å². The van der Waals surface area contributed by atoms with Crippen LogP contribution < -0.4 is 10.1 Å². The largest absolute Gasteiger partial charge is 0.493 e. The molecule has 21 heavy (non-hydrogen) atoms. The Morgan fingerprint density at radius 3 is 2.67 bits per heavy atom. The van der Waals surface area contributed by atoms with E-state index in [1.807, 2.05) is 27.1 Å². The summed E-state index contributed by atoms with van der Waals surface area (Å²) < 4.78 is 5.51. The molecule has 0 bridgehead atoms. The maximum atomic E-state index is 11.0. The van der Waals surface area contributed by atoms with E-state index in [0.29, 0.717) is 12.4 Å². The normalized spacial score (nSPS) is 12.2. The lowest BCUT2D eigenvalue weighted by molar-refractivity contribution is -0.384. The summed E-state index contributed by atoms with van der Waals surface area (Å²) in [5.41, 5.74) is 0.771. The number of benzene rings is 1. The van der Waals surface area contributed by atoms with Gasteiger partial charge in [-0.05, 0) is 40.4 Å². The zero-order chi connectivity index (χ0) is 15.8. The van der Waals surface area contributed by atoms with Crippen LogP contribution in [0, 0.1) is 10.1 Å². The summed E-state index contributed by atoms with van der Waals surface area (Å²) in [4.78, 5) is 12.7. The van der Waals surface area contributed by atoms with E-state index < -0.39 is 4.92 Å². The lowest BCUT2D eigenvalue weighted by atomic mass is 10.2. The Labute approximate surface area is 126 Å². The molecule has 1 atom stereocenters. The van der Waals surface area contributed by atoms with Crippen LogP contribution in [0.3, 0.4) is 0 Å². The summed E-state index contributed by atoms with van der Waals surface area (Å²) in [6.45, 7) is 5.58. The highest BCUT2D eigenvalue weighted by Crippen LogP contribution is 2.26. The van der Waals surface area contributed by atoms with Gasteiger partial charge >= 0.3 is 0 Å². The van der Waals surface area contributed by atoms with Crippen molar-refractivity contribution in [3.63, 3.8) is 0 Å². The van der Waals surface area contributed by atoms with Gasteiger partial charge in [0.15, 0.2) is 0 Å². The van der Waals surface area contributed by atoms with Gasteiger partial charge in [-0.1, -0.05) is 6.92 Å². The molecule has 0 spiro atoms. The summed E-state index contributed by atoms with van der Waals surface area (Å²) >= 11 is 0. The van der Waals surface area contributed by atoms with Gasteiger partial charge in [0.1, 0.15) is 5.75 Å². The van der Waals surface area contributed by atoms with E-state index in [0.717, 1.165) is 25.1 Å². The summed E-state index contributed by atoms with van der Waals surface area (Å²) in [5.74, 6) is 0.536. The van der Waals surface area contributed by atoms with Crippen LogP contribution in [0.15, 0.2) is 18.2 Å². The molecule has 0 fully saturated rings. The second-order valence-corrected chi connectivity index (χ2v) is 5.46. The average Bonchev–Trinajstić information content (AvgIpc) is 2.42. The Hall–Kier alpha value is -1.82. The van der Waals surface area contributed by atoms with Gasteiger partial charge in [-0.3, -0.25) is 10.1 Å². The van der Waals surface area contributed by atoms with Crippen LogP contribution in [0.2, 0.25) is 0 Å². The molecule has 0 amide bonds. The van der Waals surface area contributed by atoms with Crippen LogP contribution in [0.4, 0.5) is 11.4 Å². The second-order valence-electron chi connectivity index (χ2n) is 5.46. The lowest BCUT2D eigenvalue weighted by Crippen LogP contribution is -2.23. The fraction of sp³-hybridized carbons (Fsp3) is 0.600. The first kappa shape index (κ1) is 17.2. The molecule has 1 N–H and O–H groups in total. The third-order valence-electron chi connectivity index (χ3n) is 3.00. The molecule has 0 saturated carbocycles. The minimum Gasteiger partial charge on any atom is -0.493 e. The zero-order valence-corrected chi connectivity index (χ0v) is 13.3. The van der Waals surface area contributed by atoms with Gasteiger partial charge in [0.2, 0.25) is 0 Å². The molecule has 0 saturated heterocycles. The predicted octanol–water partition coefficient (Wildman–Crippen LogP) is 3.14. The van der Waals surface area contributed by atoms with E-state index in [2.05, 4.69) is 17.1 Å². The number of nitro groups is 1. The van der Waals surface area contributed by atoms with Gasteiger partial charge in [-0.25, -0.2) is 0 Å². The molecule has 0 aromatic heterocycles. The van der Waals surface area contributed by atoms with E-state index in [-0.39, 0.29) is 11.7 Å². The topological polar surface area (TPSA) is 67.6 Å². The summed E-state index contributed by atoms with van der Waals surface area (Å²) in [7, 11) is 4.05. The SMILES string of the molecule is CCCOc1cc(NC(C)CCN(C)C)cc([N+](=O)[O-])c1. The van der Waals surface area contributed by atoms with Crippen LogP contribution in [0.25, 0.3) is 0 Å². The molecule has 0 aliphatic carbocycles. The van der Waals surface area contributed by atoms with Crippen molar-refractivity contribution < 1.29 is 9.66 Å². The number of non-ortho nitro benzene ring substituents is 1. The number of anilines is 1. The Morgan fingerprint density at radius 1 is 1.38 bits per heavy atom. The van der Waals surface area contributed by atoms with Gasteiger partial charge < -0.3 is 15.0 Å². The predicted molar refractivity (Wildman–Crippen MR) is 85.1 cm³/mol. The van der Waals surface area contributed by atoms with Crippen molar-refractivity contribution in [2.45, 2.75) is 32.7 Å². The van der Waals surface area contributed by atoms with E-state index >= 15 is 0 Å². The van der Waals surface area contributed by atoms with Crippen molar-refractivity contribution in [3.8, 4) is 5.75 Å². The Balaban J connectivity index is 2.79. The third-order valence-corrected chi connectivity index (χ3v) is 3.00. The van der Waals surface area contributed by atoms with Gasteiger partial charge in [-0.2, -0.15) is 0 Å². The highest BCUT2D eigenvalue weighted by molar-refractivity contribution is 5.56. The molecule has 1 rings (SSSR count). The molecular weight excluding hydrogens is 270 g/mol. The highest BCUT2D eigenvalue weighted by Gasteiger charge is 2.12. The number of nitro benzene ring substituents is 1. The number of nitrogens with one attached hydrogen (secondary N) is 1. The molecule has 0 radical (unpaired) electrons. The maximum Gasteiger partial charge on any atom is 0.275 e. The average molecular weight is 295 g/mol. The fourth-order valence-corrected chi connectivity index (χ4v) is 1.88. The molecule has 1 unspecified atom stereocenters. The first-order valence-corrected chi connectivity index (χ1v) is 7.26. The van der Waals surface area contributed by atoms with Crippen LogP contribution >= 0.6 is 0 Å². The molecule has 118 valence electrons. The Kier molecular flexibility index (Phi) is 6.94. The minimum atomic E-state index is -0.394. The number of hydrogen-bond acceptors (Lipinski definition) is 5. The van der Waals surface area contributed by atoms with Crippen LogP contribution in [-0.4, -0.2) is 43.1 Å². The van der Waals surface area contributed by atoms with E-state index in [1.54, 1.807) is 6.07 Å². The second kappa shape index (κ2) is 8.46. The van der Waals surface area contributed by atoms with Crippen molar-refractivity contribution >= 4 is 11.4 Å². The maximum absolute atomic E-state index is 11.0. The van der Waals surface area contributed by atoms with Crippen LogP contribution in [0.1, 0.15) is 26.7 Å². The highest BCUT2D eigenvalue weighted by atomic mass is 16.6. The molecule has 6 heteroatoms. The molecule has 1 aromatic carbocycles. The number of nitrogens with zero attached hydrogens (tertiary/aromatic N) is 2. The minimum absolute atomic E-state index is 0.0471. The van der Waals surface area contributed by atoms with Crippen LogP contribution in [-0.2, 0) is 0 Å². The standard InChI is InChI=1S/C15H25N3O3/c1-5-8-21-15-10-13(9-14(11-15)18(19)20)16-12(2)6-7-17(3)4/h9-12,16H,5-8H2,1-4H3. The summed E-state index contributed by atoms with van der Waals surface area (Å²) in [5, 5.41) is 14.3. The fourth-order valence-electron chi connectivity index (χ4n) is 1.88. The Morgan fingerprint density at radius 2 is 2.10 bits per heavy atom. The molecule has 6 nitrogen and oxygen atoms in total. The summed E-state index contributed by atoms with van der Waals surface area (Å²) in [6, 6.07) is 5.05. The number of ether oxygens (including phenoxy) is 1. The lowest BCUT2D eigenvalue weighted by Gasteiger charge is -2.18. The van der Waals surface area contributed by atoms with E-state index in [1.165, 1.54) is 6.07 Å². The third kappa shape index (κ3) is 6.44. The van der Waals surface area contributed by atoms with Gasteiger partial charge in [0.25, 0.3) is 5.69 Å². The first-order chi connectivity index (χ1) is 9.92. The monoisotopic (exact) mass is 295 g/mol. The number of rotatable bonds is 9. The molecule has 0 aliphatic heterocycles. The van der Waals surface area contributed by atoms with Crippen LogP contribution in [0.5, 0.6) is 5.75 Å². The molecule has 0 heterocycles. The van der Waals surface area contributed by atoms with E-state index in [4.69, 9.17) is 4.74 Å². The Bertz CT molecular complexity index is 463. The van der Waals surface area contributed by atoms with Gasteiger partial charge in [0, 0.05) is 23.9 Å². The van der Waals surface area contributed by atoms with Gasteiger partial charge in [-0.15, -0.1) is 0 Å². The quantitative estimate of drug-likeness (QED) is 0.560. The summed E-state index contributed by atoms with van der Waals surface area (Å²) in [6.07, 6.45) is 1.82. The molecule has 0 aliphatic rings. The smallest absolute Gasteiger partial charge is 0.275 e. The van der Waals surface area contributed by atoms with Crippen molar-refractivity contribution in [2.24, 2.45) is 0 Å². The molecule has 1 aromatic rings. The van der Waals surface area contributed by atoms with Crippen molar-refractivity contribution in [1.82, 2.24) is 4.90 Å². The van der Waals surface area contributed by atoms with Crippen molar-refractivity contribution in [2.75, 3.05) is 32.6 Å². The number of hydrogen-bond donors (Lipinski definition) is 1. The molecular formula is C15H25N3O3. The first-order valence-electron chi connectivity index (χ1n) is 7.26. The van der Waals surface area contributed by atoms with Crippen molar-refractivity contribution in [1.29, 1.82) is 0 Å². The van der Waals surface area contributed by atoms with Gasteiger partial charge in [0.05, 0.1) is 17.6 Å². The zero-order valence-electron chi connectivity index (χ0n) is 13.3.